The van der Waals surface area contributed by atoms with E-state index in [0.29, 0.717) is 6.04 Å². The number of piperidine rings is 1. The van der Waals surface area contributed by atoms with Crippen LogP contribution in [0.3, 0.4) is 0 Å². The number of nitrogens with zero attached hydrogens (tertiary/aromatic N) is 1. The van der Waals surface area contributed by atoms with Gasteiger partial charge in [-0.3, -0.25) is 0 Å². The van der Waals surface area contributed by atoms with Crippen LogP contribution in [-0.2, 0) is 0 Å². The molecule has 0 spiro atoms. The Balaban J connectivity index is 1.58. The van der Waals surface area contributed by atoms with Gasteiger partial charge < -0.3 is 10.2 Å². The fourth-order valence-electron chi connectivity index (χ4n) is 3.77. The zero-order chi connectivity index (χ0) is 13.8. The summed E-state index contributed by atoms with van der Waals surface area (Å²) in [7, 11) is 0. The fourth-order valence-corrected chi connectivity index (χ4v) is 3.77. The first-order valence-electron chi connectivity index (χ1n) is 8.39. The van der Waals surface area contributed by atoms with Gasteiger partial charge in [0.1, 0.15) is 0 Å². The van der Waals surface area contributed by atoms with Crippen LogP contribution in [0.25, 0.3) is 0 Å². The fraction of sp³-hybridized carbons (Fsp3) is 0.667. The first kappa shape index (κ1) is 13.9. The van der Waals surface area contributed by atoms with E-state index >= 15 is 0 Å². The lowest BCUT2D eigenvalue weighted by Crippen LogP contribution is -2.49. The van der Waals surface area contributed by atoms with Crippen LogP contribution in [-0.4, -0.2) is 25.2 Å². The summed E-state index contributed by atoms with van der Waals surface area (Å²) in [6, 6.07) is 10.4. The summed E-state index contributed by atoms with van der Waals surface area (Å²) >= 11 is 0. The van der Waals surface area contributed by atoms with E-state index in [4.69, 9.17) is 0 Å². The third-order valence-electron chi connectivity index (χ3n) is 4.86. The van der Waals surface area contributed by atoms with E-state index < -0.39 is 0 Å². The Labute approximate surface area is 123 Å². The third-order valence-corrected chi connectivity index (χ3v) is 4.86. The van der Waals surface area contributed by atoms with Crippen LogP contribution in [0.4, 0.5) is 5.69 Å². The van der Waals surface area contributed by atoms with Crippen molar-refractivity contribution in [3.8, 4) is 0 Å². The molecule has 1 atom stereocenters. The molecular weight excluding hydrogens is 244 g/mol. The largest absolute Gasteiger partial charge is 0.370 e. The molecule has 1 N–H and O–H groups in total. The molecule has 1 saturated carbocycles. The smallest absolute Gasteiger partial charge is 0.0369 e. The standard InChI is InChI=1S/C18H28N2/c1-15-7-5-11-18(13-15)20-12-6-10-17(14-20)19-16-8-3-2-4-9-16/h5,7,11,13,16-17,19H,2-4,6,8-10,12,14H2,1H3. The average Bonchev–Trinajstić information content (AvgIpc) is 2.49. The average molecular weight is 272 g/mol. The number of hydrogen-bond donors (Lipinski definition) is 1. The quantitative estimate of drug-likeness (QED) is 0.898. The third kappa shape index (κ3) is 3.54. The van der Waals surface area contributed by atoms with E-state index in [1.807, 2.05) is 0 Å². The van der Waals surface area contributed by atoms with Crippen LogP contribution in [0.1, 0.15) is 50.5 Å². The van der Waals surface area contributed by atoms with Crippen LogP contribution in [0.15, 0.2) is 24.3 Å². The van der Waals surface area contributed by atoms with Crippen molar-refractivity contribution in [2.75, 3.05) is 18.0 Å². The Kier molecular flexibility index (Phi) is 4.62. The molecule has 0 radical (unpaired) electrons. The molecule has 2 aliphatic rings. The van der Waals surface area contributed by atoms with Gasteiger partial charge in [0.25, 0.3) is 0 Å². The maximum atomic E-state index is 3.93. The molecule has 2 fully saturated rings. The van der Waals surface area contributed by atoms with E-state index in [-0.39, 0.29) is 0 Å². The van der Waals surface area contributed by atoms with Gasteiger partial charge in [0.2, 0.25) is 0 Å². The highest BCUT2D eigenvalue weighted by Crippen LogP contribution is 2.23. The monoisotopic (exact) mass is 272 g/mol. The Morgan fingerprint density at radius 2 is 1.80 bits per heavy atom. The summed E-state index contributed by atoms with van der Waals surface area (Å²) in [5.41, 5.74) is 2.77. The summed E-state index contributed by atoms with van der Waals surface area (Å²) in [5, 5.41) is 3.93. The van der Waals surface area contributed by atoms with Crippen molar-refractivity contribution in [1.82, 2.24) is 5.32 Å². The molecule has 2 nitrogen and oxygen atoms in total. The highest BCUT2D eigenvalue weighted by Gasteiger charge is 2.23. The summed E-state index contributed by atoms with van der Waals surface area (Å²) in [4.78, 5) is 2.57. The molecule has 1 aromatic carbocycles. The van der Waals surface area contributed by atoms with Gasteiger partial charge in [-0.05, 0) is 50.3 Å². The Hall–Kier alpha value is -1.02. The molecule has 1 aliphatic carbocycles. The molecular formula is C18H28N2. The lowest BCUT2D eigenvalue weighted by Gasteiger charge is -2.37. The zero-order valence-electron chi connectivity index (χ0n) is 12.8. The highest BCUT2D eigenvalue weighted by molar-refractivity contribution is 5.48. The molecule has 1 aromatic rings. The Bertz CT molecular complexity index is 423. The van der Waals surface area contributed by atoms with E-state index in [1.54, 1.807) is 0 Å². The summed E-state index contributed by atoms with van der Waals surface area (Å²) in [6.45, 7) is 4.58. The maximum Gasteiger partial charge on any atom is 0.0369 e. The molecule has 110 valence electrons. The van der Waals surface area contributed by atoms with Crippen molar-refractivity contribution in [2.24, 2.45) is 0 Å². The molecule has 0 aromatic heterocycles. The number of nitrogens with one attached hydrogen (secondary N) is 1. The summed E-state index contributed by atoms with van der Waals surface area (Å²) < 4.78 is 0. The van der Waals surface area contributed by atoms with Gasteiger partial charge in [-0.25, -0.2) is 0 Å². The van der Waals surface area contributed by atoms with Crippen molar-refractivity contribution in [3.63, 3.8) is 0 Å². The summed E-state index contributed by atoms with van der Waals surface area (Å²) in [6.07, 6.45) is 9.73. The predicted molar refractivity (Wildman–Crippen MR) is 86.4 cm³/mol. The number of benzene rings is 1. The summed E-state index contributed by atoms with van der Waals surface area (Å²) in [5.74, 6) is 0. The van der Waals surface area contributed by atoms with E-state index in [9.17, 15) is 0 Å². The van der Waals surface area contributed by atoms with Gasteiger partial charge in [0, 0.05) is 30.9 Å². The maximum absolute atomic E-state index is 3.93. The number of aryl methyl sites for hydroxylation is 1. The normalized spacial score (nSPS) is 24.9. The molecule has 1 aliphatic heterocycles. The van der Waals surface area contributed by atoms with E-state index in [2.05, 4.69) is 41.4 Å². The molecule has 20 heavy (non-hydrogen) atoms. The number of rotatable bonds is 3. The van der Waals surface area contributed by atoms with Gasteiger partial charge in [0.15, 0.2) is 0 Å². The molecule has 1 unspecified atom stereocenters. The first-order valence-corrected chi connectivity index (χ1v) is 8.39. The van der Waals surface area contributed by atoms with Crippen LogP contribution < -0.4 is 10.2 Å². The SMILES string of the molecule is Cc1cccc(N2CCCC(NC3CCCCC3)C2)c1. The second-order valence-corrected chi connectivity index (χ2v) is 6.63. The van der Waals surface area contributed by atoms with E-state index in [1.165, 1.54) is 69.3 Å². The minimum Gasteiger partial charge on any atom is -0.370 e. The van der Waals surface area contributed by atoms with Crippen LogP contribution in [0.2, 0.25) is 0 Å². The van der Waals surface area contributed by atoms with Gasteiger partial charge in [-0.2, -0.15) is 0 Å². The van der Waals surface area contributed by atoms with Crippen LogP contribution in [0, 0.1) is 6.92 Å². The minimum atomic E-state index is 0.687. The van der Waals surface area contributed by atoms with Crippen LogP contribution in [0.5, 0.6) is 0 Å². The van der Waals surface area contributed by atoms with Crippen molar-refractivity contribution in [3.05, 3.63) is 29.8 Å². The van der Waals surface area contributed by atoms with Crippen molar-refractivity contribution >= 4 is 5.69 Å². The lowest BCUT2D eigenvalue weighted by molar-refractivity contribution is 0.312. The molecule has 3 rings (SSSR count). The molecule has 0 amide bonds. The van der Waals surface area contributed by atoms with Crippen LogP contribution >= 0.6 is 0 Å². The highest BCUT2D eigenvalue weighted by atomic mass is 15.2. The minimum absolute atomic E-state index is 0.687. The van der Waals surface area contributed by atoms with Crippen molar-refractivity contribution in [2.45, 2.75) is 64.0 Å². The topological polar surface area (TPSA) is 15.3 Å². The predicted octanol–water partition coefficient (Wildman–Crippen LogP) is 3.89. The molecule has 1 heterocycles. The van der Waals surface area contributed by atoms with Gasteiger partial charge in [0.05, 0.1) is 0 Å². The van der Waals surface area contributed by atoms with Crippen molar-refractivity contribution in [1.29, 1.82) is 0 Å². The van der Waals surface area contributed by atoms with Gasteiger partial charge >= 0.3 is 0 Å². The zero-order valence-corrected chi connectivity index (χ0v) is 12.8. The number of hydrogen-bond acceptors (Lipinski definition) is 2. The molecule has 1 saturated heterocycles. The molecule has 0 bridgehead atoms. The second kappa shape index (κ2) is 6.62. The van der Waals surface area contributed by atoms with Crippen molar-refractivity contribution < 1.29 is 0 Å². The lowest BCUT2D eigenvalue weighted by atomic mass is 9.93. The van der Waals surface area contributed by atoms with E-state index in [0.717, 1.165) is 6.04 Å². The molecule has 2 heteroatoms. The van der Waals surface area contributed by atoms with Gasteiger partial charge in [-0.1, -0.05) is 31.4 Å². The second-order valence-electron chi connectivity index (χ2n) is 6.63. The van der Waals surface area contributed by atoms with Gasteiger partial charge in [-0.15, -0.1) is 0 Å². The Morgan fingerprint density at radius 3 is 2.60 bits per heavy atom. The number of anilines is 1. The Morgan fingerprint density at radius 1 is 1.00 bits per heavy atom. The first-order chi connectivity index (χ1) is 9.81.